The zero-order valence-corrected chi connectivity index (χ0v) is 11.6. The minimum absolute atomic E-state index is 0.389. The molecule has 4 heteroatoms. The SMILES string of the molecule is CC(C)CNC1CCCN(c2ccc(F)cc2F)C1. The van der Waals surface area contributed by atoms with Crippen molar-refractivity contribution in [2.24, 2.45) is 5.92 Å². The maximum Gasteiger partial charge on any atom is 0.149 e. The fourth-order valence-corrected chi connectivity index (χ4v) is 2.50. The normalized spacial score (nSPS) is 20.1. The van der Waals surface area contributed by atoms with Gasteiger partial charge in [-0.1, -0.05) is 13.8 Å². The van der Waals surface area contributed by atoms with Gasteiger partial charge in [0.25, 0.3) is 0 Å². The molecule has 1 aromatic carbocycles. The molecule has 0 spiro atoms. The Balaban J connectivity index is 2.00. The van der Waals surface area contributed by atoms with E-state index in [1.54, 1.807) is 0 Å². The van der Waals surface area contributed by atoms with Crippen LogP contribution in [0, 0.1) is 17.6 Å². The number of nitrogens with one attached hydrogen (secondary N) is 1. The lowest BCUT2D eigenvalue weighted by atomic mass is 10.0. The highest BCUT2D eigenvalue weighted by molar-refractivity contribution is 5.48. The second-order valence-corrected chi connectivity index (χ2v) is 5.68. The summed E-state index contributed by atoms with van der Waals surface area (Å²) in [7, 11) is 0. The van der Waals surface area contributed by atoms with Crippen molar-refractivity contribution in [3.8, 4) is 0 Å². The molecule has 1 N–H and O–H groups in total. The van der Waals surface area contributed by atoms with Crippen LogP contribution in [0.2, 0.25) is 0 Å². The summed E-state index contributed by atoms with van der Waals surface area (Å²) in [4.78, 5) is 2.01. The summed E-state index contributed by atoms with van der Waals surface area (Å²) in [6.07, 6.45) is 2.15. The number of hydrogen-bond acceptors (Lipinski definition) is 2. The first-order chi connectivity index (χ1) is 9.06. The number of halogens is 2. The third kappa shape index (κ3) is 3.90. The molecule has 2 rings (SSSR count). The average molecular weight is 268 g/mol. The van der Waals surface area contributed by atoms with Gasteiger partial charge in [-0.25, -0.2) is 8.78 Å². The fourth-order valence-electron chi connectivity index (χ4n) is 2.50. The molecule has 106 valence electrons. The van der Waals surface area contributed by atoms with Crippen molar-refractivity contribution in [2.45, 2.75) is 32.7 Å². The lowest BCUT2D eigenvalue weighted by Crippen LogP contribution is -2.47. The molecule has 0 saturated carbocycles. The van der Waals surface area contributed by atoms with Gasteiger partial charge in [-0.15, -0.1) is 0 Å². The van der Waals surface area contributed by atoms with Crippen LogP contribution in [0.5, 0.6) is 0 Å². The highest BCUT2D eigenvalue weighted by Crippen LogP contribution is 2.23. The van der Waals surface area contributed by atoms with Crippen LogP contribution in [0.4, 0.5) is 14.5 Å². The first kappa shape index (κ1) is 14.3. The van der Waals surface area contributed by atoms with Crippen LogP contribution < -0.4 is 10.2 Å². The van der Waals surface area contributed by atoms with Gasteiger partial charge in [-0.2, -0.15) is 0 Å². The maximum atomic E-state index is 13.8. The lowest BCUT2D eigenvalue weighted by Gasteiger charge is -2.35. The monoisotopic (exact) mass is 268 g/mol. The van der Waals surface area contributed by atoms with E-state index in [1.807, 2.05) is 4.90 Å². The van der Waals surface area contributed by atoms with Crippen LogP contribution in [0.25, 0.3) is 0 Å². The van der Waals surface area contributed by atoms with Gasteiger partial charge in [0, 0.05) is 25.2 Å². The third-order valence-corrected chi connectivity index (χ3v) is 3.49. The third-order valence-electron chi connectivity index (χ3n) is 3.49. The standard InChI is InChI=1S/C15H22F2N2/c1-11(2)9-18-13-4-3-7-19(10-13)15-6-5-12(16)8-14(15)17/h5-6,8,11,13,18H,3-4,7,9-10H2,1-2H3. The van der Waals surface area contributed by atoms with Gasteiger partial charge in [-0.3, -0.25) is 0 Å². The molecule has 1 atom stereocenters. The Morgan fingerprint density at radius 3 is 2.84 bits per heavy atom. The predicted octanol–water partition coefficient (Wildman–Crippen LogP) is 3.18. The molecular weight excluding hydrogens is 246 g/mol. The van der Waals surface area contributed by atoms with E-state index in [-0.39, 0.29) is 0 Å². The Bertz CT molecular complexity index is 421. The molecule has 1 heterocycles. The highest BCUT2D eigenvalue weighted by atomic mass is 19.1. The fraction of sp³-hybridized carbons (Fsp3) is 0.600. The minimum atomic E-state index is -0.521. The Labute approximate surface area is 113 Å². The Morgan fingerprint density at radius 2 is 2.16 bits per heavy atom. The molecule has 19 heavy (non-hydrogen) atoms. The number of hydrogen-bond donors (Lipinski definition) is 1. The Kier molecular flexibility index (Phi) is 4.75. The molecule has 0 bridgehead atoms. The van der Waals surface area contributed by atoms with Crippen molar-refractivity contribution in [3.63, 3.8) is 0 Å². The molecule has 0 aliphatic carbocycles. The summed E-state index contributed by atoms with van der Waals surface area (Å²) < 4.78 is 26.7. The van der Waals surface area contributed by atoms with E-state index in [2.05, 4.69) is 19.2 Å². The van der Waals surface area contributed by atoms with Crippen molar-refractivity contribution < 1.29 is 8.78 Å². The second-order valence-electron chi connectivity index (χ2n) is 5.68. The van der Waals surface area contributed by atoms with Crippen molar-refractivity contribution in [2.75, 3.05) is 24.5 Å². The van der Waals surface area contributed by atoms with Crippen LogP contribution in [0.3, 0.4) is 0 Å². The van der Waals surface area contributed by atoms with E-state index in [1.165, 1.54) is 12.1 Å². The van der Waals surface area contributed by atoms with Gasteiger partial charge in [0.05, 0.1) is 5.69 Å². The molecule has 1 saturated heterocycles. The van der Waals surface area contributed by atoms with Gasteiger partial charge in [-0.05, 0) is 37.4 Å². The molecule has 0 radical (unpaired) electrons. The van der Waals surface area contributed by atoms with Crippen molar-refractivity contribution in [1.82, 2.24) is 5.32 Å². The van der Waals surface area contributed by atoms with E-state index >= 15 is 0 Å². The highest BCUT2D eigenvalue weighted by Gasteiger charge is 2.21. The van der Waals surface area contributed by atoms with Crippen LogP contribution in [0.15, 0.2) is 18.2 Å². The summed E-state index contributed by atoms with van der Waals surface area (Å²) >= 11 is 0. The van der Waals surface area contributed by atoms with E-state index in [0.717, 1.165) is 38.5 Å². The number of nitrogens with zero attached hydrogens (tertiary/aromatic N) is 1. The number of rotatable bonds is 4. The quantitative estimate of drug-likeness (QED) is 0.902. The maximum absolute atomic E-state index is 13.8. The van der Waals surface area contributed by atoms with E-state index in [0.29, 0.717) is 17.6 Å². The molecule has 1 fully saturated rings. The smallest absolute Gasteiger partial charge is 0.149 e. The van der Waals surface area contributed by atoms with Crippen LogP contribution >= 0.6 is 0 Å². The molecule has 1 aliphatic rings. The van der Waals surface area contributed by atoms with Gasteiger partial charge in [0.2, 0.25) is 0 Å². The van der Waals surface area contributed by atoms with Gasteiger partial charge >= 0.3 is 0 Å². The Morgan fingerprint density at radius 1 is 1.37 bits per heavy atom. The van der Waals surface area contributed by atoms with Gasteiger partial charge in [0.1, 0.15) is 11.6 Å². The van der Waals surface area contributed by atoms with Gasteiger partial charge < -0.3 is 10.2 Å². The van der Waals surface area contributed by atoms with Crippen molar-refractivity contribution >= 4 is 5.69 Å². The zero-order chi connectivity index (χ0) is 13.8. The average Bonchev–Trinajstić information content (AvgIpc) is 2.36. The number of benzene rings is 1. The molecule has 0 aromatic heterocycles. The summed E-state index contributed by atoms with van der Waals surface area (Å²) in [5.41, 5.74) is 0.512. The first-order valence-corrected chi connectivity index (χ1v) is 6.99. The molecule has 1 aliphatic heterocycles. The van der Waals surface area contributed by atoms with Crippen LogP contribution in [0.1, 0.15) is 26.7 Å². The molecule has 2 nitrogen and oxygen atoms in total. The predicted molar refractivity (Wildman–Crippen MR) is 74.4 cm³/mol. The van der Waals surface area contributed by atoms with Gasteiger partial charge in [0.15, 0.2) is 0 Å². The van der Waals surface area contributed by atoms with Crippen molar-refractivity contribution in [3.05, 3.63) is 29.8 Å². The van der Waals surface area contributed by atoms with E-state index in [9.17, 15) is 8.78 Å². The number of anilines is 1. The molecule has 1 aromatic rings. The second kappa shape index (κ2) is 6.33. The summed E-state index contributed by atoms with van der Waals surface area (Å²) in [6.45, 7) is 6.95. The van der Waals surface area contributed by atoms with Crippen LogP contribution in [-0.4, -0.2) is 25.7 Å². The minimum Gasteiger partial charge on any atom is -0.368 e. The summed E-state index contributed by atoms with van der Waals surface area (Å²) in [6, 6.07) is 4.21. The van der Waals surface area contributed by atoms with E-state index in [4.69, 9.17) is 0 Å². The summed E-state index contributed by atoms with van der Waals surface area (Å²) in [5.74, 6) is -0.379. The Hall–Kier alpha value is -1.16. The molecule has 0 amide bonds. The van der Waals surface area contributed by atoms with Crippen LogP contribution in [-0.2, 0) is 0 Å². The zero-order valence-electron chi connectivity index (χ0n) is 11.6. The first-order valence-electron chi connectivity index (χ1n) is 6.99. The van der Waals surface area contributed by atoms with E-state index < -0.39 is 11.6 Å². The summed E-state index contributed by atoms with van der Waals surface area (Å²) in [5, 5.41) is 3.51. The molecule has 1 unspecified atom stereocenters. The topological polar surface area (TPSA) is 15.3 Å². The van der Waals surface area contributed by atoms with Crippen molar-refractivity contribution in [1.29, 1.82) is 0 Å². The number of piperidine rings is 1. The largest absolute Gasteiger partial charge is 0.368 e. The molecular formula is C15H22F2N2. The lowest BCUT2D eigenvalue weighted by molar-refractivity contribution is 0.397.